The van der Waals surface area contributed by atoms with Gasteiger partial charge in [0.1, 0.15) is 0 Å². The molecule has 0 aromatic carbocycles. The predicted octanol–water partition coefficient (Wildman–Crippen LogP) is 4.97. The highest BCUT2D eigenvalue weighted by atomic mass is 16.6. The lowest BCUT2D eigenvalue weighted by Crippen LogP contribution is -2.00. The molecule has 0 bridgehead atoms. The number of hydrogen-bond donors (Lipinski definition) is 1. The second-order valence-corrected chi connectivity index (χ2v) is 5.11. The Labute approximate surface area is 108 Å². The van der Waals surface area contributed by atoms with Crippen LogP contribution in [0.25, 0.3) is 0 Å². The maximum atomic E-state index is 4.97. The summed E-state index contributed by atoms with van der Waals surface area (Å²) in [5.74, 6) is 4.97. The standard InChI is InChI=1S/C15H33NO/c1-2-3-4-5-6-7-8-9-10-11-12-13-14-15-17-16/h2-16H2,1H3. The van der Waals surface area contributed by atoms with E-state index in [9.17, 15) is 0 Å². The first-order valence-corrected chi connectivity index (χ1v) is 7.73. The highest BCUT2D eigenvalue weighted by molar-refractivity contribution is 4.48. The van der Waals surface area contributed by atoms with Crippen molar-refractivity contribution in [1.82, 2.24) is 0 Å². The smallest absolute Gasteiger partial charge is 0.0679 e. The van der Waals surface area contributed by atoms with Gasteiger partial charge in [-0.2, -0.15) is 0 Å². The van der Waals surface area contributed by atoms with Crippen LogP contribution in [0.4, 0.5) is 0 Å². The zero-order valence-corrected chi connectivity index (χ0v) is 11.9. The Bertz CT molecular complexity index is 114. The molecular formula is C15H33NO. The lowest BCUT2D eigenvalue weighted by molar-refractivity contribution is 0.133. The molecule has 104 valence electrons. The Morgan fingerprint density at radius 1 is 0.588 bits per heavy atom. The van der Waals surface area contributed by atoms with Crippen molar-refractivity contribution >= 4 is 0 Å². The molecule has 0 fully saturated rings. The van der Waals surface area contributed by atoms with E-state index in [1.807, 2.05) is 0 Å². The molecule has 0 amide bonds. The maximum Gasteiger partial charge on any atom is 0.0679 e. The van der Waals surface area contributed by atoms with Crippen LogP contribution < -0.4 is 5.90 Å². The summed E-state index contributed by atoms with van der Waals surface area (Å²) in [6.45, 7) is 3.00. The fraction of sp³-hybridized carbons (Fsp3) is 1.00. The van der Waals surface area contributed by atoms with Gasteiger partial charge in [-0.3, -0.25) is 0 Å². The van der Waals surface area contributed by atoms with E-state index < -0.39 is 0 Å². The van der Waals surface area contributed by atoms with Crippen molar-refractivity contribution in [3.63, 3.8) is 0 Å². The Hall–Kier alpha value is -0.0800. The minimum atomic E-state index is 0.720. The number of unbranched alkanes of at least 4 members (excludes halogenated alkanes) is 12. The van der Waals surface area contributed by atoms with E-state index in [0.29, 0.717) is 0 Å². The van der Waals surface area contributed by atoms with Gasteiger partial charge in [-0.25, -0.2) is 5.90 Å². The zero-order valence-electron chi connectivity index (χ0n) is 11.9. The SMILES string of the molecule is CCCCCCCCCCCCCCCON. The van der Waals surface area contributed by atoms with Gasteiger partial charge in [-0.15, -0.1) is 0 Å². The Kier molecular flexibility index (Phi) is 15.8. The molecule has 0 rings (SSSR count). The van der Waals surface area contributed by atoms with E-state index in [1.54, 1.807) is 0 Å². The summed E-state index contributed by atoms with van der Waals surface area (Å²) in [5, 5.41) is 0. The summed E-state index contributed by atoms with van der Waals surface area (Å²) in [6.07, 6.45) is 18.0. The molecule has 0 aliphatic rings. The number of rotatable bonds is 14. The quantitative estimate of drug-likeness (QED) is 0.345. The predicted molar refractivity (Wildman–Crippen MR) is 75.8 cm³/mol. The largest absolute Gasteiger partial charge is 0.305 e. The van der Waals surface area contributed by atoms with Crippen LogP contribution in [-0.4, -0.2) is 6.61 Å². The third kappa shape index (κ3) is 15.9. The van der Waals surface area contributed by atoms with Gasteiger partial charge in [0.15, 0.2) is 0 Å². The fourth-order valence-corrected chi connectivity index (χ4v) is 2.20. The third-order valence-corrected chi connectivity index (χ3v) is 3.37. The highest BCUT2D eigenvalue weighted by Gasteiger charge is 1.93. The molecule has 0 aliphatic carbocycles. The molecule has 0 heterocycles. The normalized spacial score (nSPS) is 10.9. The molecule has 0 aromatic heterocycles. The van der Waals surface area contributed by atoms with E-state index in [0.717, 1.165) is 13.0 Å². The molecule has 0 atom stereocenters. The highest BCUT2D eigenvalue weighted by Crippen LogP contribution is 2.12. The summed E-state index contributed by atoms with van der Waals surface area (Å²) in [4.78, 5) is 4.54. The minimum absolute atomic E-state index is 0.720. The van der Waals surface area contributed by atoms with Crippen molar-refractivity contribution < 1.29 is 4.84 Å². The van der Waals surface area contributed by atoms with E-state index in [4.69, 9.17) is 5.90 Å². The van der Waals surface area contributed by atoms with Gasteiger partial charge in [0.2, 0.25) is 0 Å². The van der Waals surface area contributed by atoms with Crippen molar-refractivity contribution in [2.75, 3.05) is 6.61 Å². The molecule has 0 aliphatic heterocycles. The minimum Gasteiger partial charge on any atom is -0.305 e. The molecule has 2 nitrogen and oxygen atoms in total. The van der Waals surface area contributed by atoms with Gasteiger partial charge < -0.3 is 4.84 Å². The van der Waals surface area contributed by atoms with Crippen molar-refractivity contribution in [3.8, 4) is 0 Å². The zero-order chi connectivity index (χ0) is 12.6. The average molecular weight is 243 g/mol. The first kappa shape index (κ1) is 16.9. The van der Waals surface area contributed by atoms with Gasteiger partial charge in [0.05, 0.1) is 6.61 Å². The lowest BCUT2D eigenvalue weighted by atomic mass is 10.0. The van der Waals surface area contributed by atoms with Gasteiger partial charge in [-0.1, -0.05) is 84.0 Å². The van der Waals surface area contributed by atoms with Crippen LogP contribution in [0.1, 0.15) is 90.4 Å². The Balaban J connectivity index is 2.85. The van der Waals surface area contributed by atoms with E-state index in [2.05, 4.69) is 11.8 Å². The van der Waals surface area contributed by atoms with Crippen molar-refractivity contribution in [3.05, 3.63) is 0 Å². The Morgan fingerprint density at radius 2 is 0.941 bits per heavy atom. The molecular weight excluding hydrogens is 210 g/mol. The molecule has 2 N–H and O–H groups in total. The summed E-state index contributed by atoms with van der Waals surface area (Å²) >= 11 is 0. The molecule has 0 spiro atoms. The van der Waals surface area contributed by atoms with Crippen molar-refractivity contribution in [1.29, 1.82) is 0 Å². The molecule has 0 radical (unpaired) electrons. The van der Waals surface area contributed by atoms with Gasteiger partial charge in [-0.05, 0) is 6.42 Å². The number of nitrogens with two attached hydrogens (primary N) is 1. The van der Waals surface area contributed by atoms with Crippen LogP contribution in [-0.2, 0) is 4.84 Å². The monoisotopic (exact) mass is 243 g/mol. The number of hydrogen-bond acceptors (Lipinski definition) is 2. The summed E-state index contributed by atoms with van der Waals surface area (Å²) in [7, 11) is 0. The average Bonchev–Trinajstić information content (AvgIpc) is 2.35. The first-order valence-electron chi connectivity index (χ1n) is 7.73. The summed E-state index contributed by atoms with van der Waals surface area (Å²) < 4.78 is 0. The topological polar surface area (TPSA) is 35.2 Å². The van der Waals surface area contributed by atoms with E-state index in [-0.39, 0.29) is 0 Å². The molecule has 0 saturated heterocycles. The maximum absolute atomic E-state index is 4.97. The third-order valence-electron chi connectivity index (χ3n) is 3.37. The van der Waals surface area contributed by atoms with Crippen LogP contribution >= 0.6 is 0 Å². The van der Waals surface area contributed by atoms with Crippen LogP contribution in [0.5, 0.6) is 0 Å². The molecule has 0 saturated carbocycles. The molecule has 0 unspecified atom stereocenters. The van der Waals surface area contributed by atoms with Crippen molar-refractivity contribution in [2.45, 2.75) is 90.4 Å². The lowest BCUT2D eigenvalue weighted by Gasteiger charge is -2.02. The first-order chi connectivity index (χ1) is 8.41. The van der Waals surface area contributed by atoms with E-state index in [1.165, 1.54) is 77.0 Å². The second-order valence-electron chi connectivity index (χ2n) is 5.11. The summed E-state index contributed by atoms with van der Waals surface area (Å²) in [6, 6.07) is 0. The van der Waals surface area contributed by atoms with Crippen LogP contribution in [0, 0.1) is 0 Å². The van der Waals surface area contributed by atoms with Gasteiger partial charge >= 0.3 is 0 Å². The molecule has 0 aromatic rings. The molecule has 2 heteroatoms. The second kappa shape index (κ2) is 15.9. The van der Waals surface area contributed by atoms with Gasteiger partial charge in [0, 0.05) is 0 Å². The van der Waals surface area contributed by atoms with E-state index >= 15 is 0 Å². The Morgan fingerprint density at radius 3 is 1.29 bits per heavy atom. The van der Waals surface area contributed by atoms with Gasteiger partial charge in [0.25, 0.3) is 0 Å². The van der Waals surface area contributed by atoms with Crippen LogP contribution in [0.15, 0.2) is 0 Å². The fourth-order valence-electron chi connectivity index (χ4n) is 2.20. The summed E-state index contributed by atoms with van der Waals surface area (Å²) in [5.41, 5.74) is 0. The molecule has 17 heavy (non-hydrogen) atoms. The van der Waals surface area contributed by atoms with Crippen LogP contribution in [0.2, 0.25) is 0 Å². The van der Waals surface area contributed by atoms with Crippen molar-refractivity contribution in [2.24, 2.45) is 5.90 Å². The van der Waals surface area contributed by atoms with Crippen LogP contribution in [0.3, 0.4) is 0 Å².